The SMILES string of the molecule is O=c1ccnc2sc(NC/C=C/c3ccccc3)nn12. The highest BCUT2D eigenvalue weighted by Crippen LogP contribution is 2.15. The third-order valence-electron chi connectivity index (χ3n) is 2.65. The molecule has 0 atom stereocenters. The molecule has 0 saturated heterocycles. The lowest BCUT2D eigenvalue weighted by molar-refractivity contribution is 0.900. The number of rotatable bonds is 4. The van der Waals surface area contributed by atoms with Crippen LogP contribution >= 0.6 is 11.3 Å². The molecule has 0 unspecified atom stereocenters. The standard InChI is InChI=1S/C14H12N4OS/c19-12-8-10-16-14-18(12)17-13(20-14)15-9-4-7-11-5-2-1-3-6-11/h1-8,10H,9H2,(H,15,17)/b7-4+. The van der Waals surface area contributed by atoms with Crippen LogP contribution < -0.4 is 10.9 Å². The lowest BCUT2D eigenvalue weighted by Crippen LogP contribution is -2.12. The fourth-order valence-corrected chi connectivity index (χ4v) is 2.50. The smallest absolute Gasteiger partial charge is 0.275 e. The van der Waals surface area contributed by atoms with E-state index >= 15 is 0 Å². The maximum absolute atomic E-state index is 11.5. The number of hydrogen-bond acceptors (Lipinski definition) is 5. The van der Waals surface area contributed by atoms with Gasteiger partial charge >= 0.3 is 0 Å². The predicted octanol–water partition coefficient (Wildman–Crippen LogP) is 2.28. The molecule has 3 rings (SSSR count). The molecule has 100 valence electrons. The zero-order chi connectivity index (χ0) is 13.8. The Morgan fingerprint density at radius 2 is 2.10 bits per heavy atom. The zero-order valence-electron chi connectivity index (χ0n) is 10.6. The molecule has 6 heteroatoms. The zero-order valence-corrected chi connectivity index (χ0v) is 11.4. The molecule has 1 N–H and O–H groups in total. The van der Waals surface area contributed by atoms with Crippen molar-refractivity contribution in [1.82, 2.24) is 14.6 Å². The Hall–Kier alpha value is -2.47. The van der Waals surface area contributed by atoms with Crippen molar-refractivity contribution in [2.45, 2.75) is 0 Å². The van der Waals surface area contributed by atoms with E-state index in [0.717, 1.165) is 5.56 Å². The van der Waals surface area contributed by atoms with E-state index < -0.39 is 0 Å². The molecule has 2 aromatic heterocycles. The molecule has 0 spiro atoms. The molecule has 0 aliphatic heterocycles. The van der Waals surface area contributed by atoms with Gasteiger partial charge in [0.1, 0.15) is 0 Å². The number of anilines is 1. The van der Waals surface area contributed by atoms with Gasteiger partial charge in [0.15, 0.2) is 0 Å². The Morgan fingerprint density at radius 1 is 1.25 bits per heavy atom. The topological polar surface area (TPSA) is 59.3 Å². The maximum Gasteiger partial charge on any atom is 0.275 e. The first-order chi connectivity index (χ1) is 9.83. The molecule has 5 nitrogen and oxygen atoms in total. The summed E-state index contributed by atoms with van der Waals surface area (Å²) < 4.78 is 1.30. The number of nitrogens with one attached hydrogen (secondary N) is 1. The van der Waals surface area contributed by atoms with Gasteiger partial charge in [0.25, 0.3) is 5.56 Å². The third kappa shape index (κ3) is 2.75. The van der Waals surface area contributed by atoms with Gasteiger partial charge in [-0.1, -0.05) is 53.8 Å². The molecule has 0 bridgehead atoms. The van der Waals surface area contributed by atoms with Crippen molar-refractivity contribution in [2.75, 3.05) is 11.9 Å². The molecule has 0 fully saturated rings. The van der Waals surface area contributed by atoms with Crippen LogP contribution in [-0.2, 0) is 0 Å². The van der Waals surface area contributed by atoms with Crippen LogP contribution in [0.1, 0.15) is 5.56 Å². The maximum atomic E-state index is 11.5. The van der Waals surface area contributed by atoms with Crippen LogP contribution in [0.4, 0.5) is 5.13 Å². The molecule has 0 saturated carbocycles. The summed E-state index contributed by atoms with van der Waals surface area (Å²) in [7, 11) is 0. The van der Waals surface area contributed by atoms with Gasteiger partial charge in [0.05, 0.1) is 0 Å². The Kier molecular flexibility index (Phi) is 3.56. The summed E-state index contributed by atoms with van der Waals surface area (Å²) in [6.07, 6.45) is 5.54. The van der Waals surface area contributed by atoms with Crippen LogP contribution in [0.15, 0.2) is 53.5 Å². The average Bonchev–Trinajstić information content (AvgIpc) is 2.89. The largest absolute Gasteiger partial charge is 0.357 e. The van der Waals surface area contributed by atoms with E-state index in [-0.39, 0.29) is 5.56 Å². The van der Waals surface area contributed by atoms with Crippen molar-refractivity contribution in [2.24, 2.45) is 0 Å². The molecule has 0 radical (unpaired) electrons. The van der Waals surface area contributed by atoms with E-state index in [9.17, 15) is 4.79 Å². The van der Waals surface area contributed by atoms with Crippen LogP contribution in [0.25, 0.3) is 11.0 Å². The molecule has 20 heavy (non-hydrogen) atoms. The summed E-state index contributed by atoms with van der Waals surface area (Å²) in [5.41, 5.74) is 0.982. The fraction of sp³-hybridized carbons (Fsp3) is 0.0714. The highest BCUT2D eigenvalue weighted by atomic mass is 32.1. The van der Waals surface area contributed by atoms with E-state index in [1.165, 1.54) is 28.1 Å². The van der Waals surface area contributed by atoms with Crippen molar-refractivity contribution < 1.29 is 0 Å². The number of nitrogens with zero attached hydrogens (tertiary/aromatic N) is 3. The molecule has 0 aliphatic carbocycles. The molecule has 0 amide bonds. The van der Waals surface area contributed by atoms with E-state index in [4.69, 9.17) is 0 Å². The van der Waals surface area contributed by atoms with E-state index in [2.05, 4.69) is 15.4 Å². The first kappa shape index (κ1) is 12.6. The number of fused-ring (bicyclic) bond motifs is 1. The van der Waals surface area contributed by atoms with Crippen molar-refractivity contribution in [3.8, 4) is 0 Å². The van der Waals surface area contributed by atoms with Crippen molar-refractivity contribution in [1.29, 1.82) is 0 Å². The van der Waals surface area contributed by atoms with Gasteiger partial charge in [-0.05, 0) is 5.56 Å². The van der Waals surface area contributed by atoms with Gasteiger partial charge in [-0.2, -0.15) is 4.52 Å². The Morgan fingerprint density at radius 3 is 2.90 bits per heavy atom. The van der Waals surface area contributed by atoms with Crippen molar-refractivity contribution in [3.05, 3.63) is 64.6 Å². The fourth-order valence-electron chi connectivity index (χ4n) is 1.72. The van der Waals surface area contributed by atoms with Crippen LogP contribution in [0.5, 0.6) is 0 Å². The monoisotopic (exact) mass is 284 g/mol. The van der Waals surface area contributed by atoms with E-state index in [1.807, 2.05) is 42.5 Å². The number of hydrogen-bond donors (Lipinski definition) is 1. The normalized spacial score (nSPS) is 11.2. The predicted molar refractivity (Wildman–Crippen MR) is 81.1 cm³/mol. The average molecular weight is 284 g/mol. The summed E-state index contributed by atoms with van der Waals surface area (Å²) in [6.45, 7) is 0.642. The second-order valence-electron chi connectivity index (χ2n) is 4.08. The minimum Gasteiger partial charge on any atom is -0.357 e. The van der Waals surface area contributed by atoms with Gasteiger partial charge in [0.2, 0.25) is 10.1 Å². The van der Waals surface area contributed by atoms with Gasteiger partial charge in [0, 0.05) is 18.8 Å². The first-order valence-electron chi connectivity index (χ1n) is 6.13. The molecule has 1 aromatic carbocycles. The second-order valence-corrected chi connectivity index (χ2v) is 5.03. The van der Waals surface area contributed by atoms with Gasteiger partial charge in [-0.3, -0.25) is 4.79 Å². The number of benzene rings is 1. The Bertz CT molecular complexity index is 792. The van der Waals surface area contributed by atoms with Gasteiger partial charge in [-0.15, -0.1) is 5.10 Å². The molecule has 2 heterocycles. The minimum absolute atomic E-state index is 0.167. The summed E-state index contributed by atoms with van der Waals surface area (Å²) >= 11 is 1.35. The van der Waals surface area contributed by atoms with Crippen LogP contribution in [-0.4, -0.2) is 21.1 Å². The lowest BCUT2D eigenvalue weighted by atomic mass is 10.2. The van der Waals surface area contributed by atoms with Crippen LogP contribution in [0.2, 0.25) is 0 Å². The molecular formula is C14H12N4OS. The van der Waals surface area contributed by atoms with Gasteiger partial charge < -0.3 is 5.32 Å². The van der Waals surface area contributed by atoms with Crippen LogP contribution in [0.3, 0.4) is 0 Å². The quantitative estimate of drug-likeness (QED) is 0.798. The summed E-state index contributed by atoms with van der Waals surface area (Å²) in [4.78, 5) is 16.2. The highest BCUT2D eigenvalue weighted by molar-refractivity contribution is 7.20. The first-order valence-corrected chi connectivity index (χ1v) is 6.95. The Labute approximate surface area is 119 Å². The van der Waals surface area contributed by atoms with E-state index in [1.54, 1.807) is 0 Å². The van der Waals surface area contributed by atoms with Gasteiger partial charge in [-0.25, -0.2) is 4.98 Å². The third-order valence-corrected chi connectivity index (χ3v) is 3.53. The minimum atomic E-state index is -0.167. The van der Waals surface area contributed by atoms with E-state index in [0.29, 0.717) is 16.6 Å². The Balaban J connectivity index is 1.67. The second kappa shape index (κ2) is 5.66. The summed E-state index contributed by atoms with van der Waals surface area (Å²) in [5, 5.41) is 8.00. The molecule has 3 aromatic rings. The highest BCUT2D eigenvalue weighted by Gasteiger charge is 2.04. The van der Waals surface area contributed by atoms with Crippen LogP contribution in [0, 0.1) is 0 Å². The lowest BCUT2D eigenvalue weighted by Gasteiger charge is -1.95. The molecule has 0 aliphatic rings. The summed E-state index contributed by atoms with van der Waals surface area (Å²) in [6, 6.07) is 11.5. The summed E-state index contributed by atoms with van der Waals surface area (Å²) in [5.74, 6) is 0. The molecular weight excluding hydrogens is 272 g/mol. The van der Waals surface area contributed by atoms with Crippen molar-refractivity contribution >= 4 is 27.5 Å². The number of aromatic nitrogens is 3. The van der Waals surface area contributed by atoms with Crippen molar-refractivity contribution in [3.63, 3.8) is 0 Å².